The molecule has 0 amide bonds. The zero-order valence-electron chi connectivity index (χ0n) is 16.2. The molecule has 3 aromatic rings. The molecule has 0 bridgehead atoms. The molecule has 0 aliphatic heterocycles. The lowest BCUT2D eigenvalue weighted by atomic mass is 10.3. The van der Waals surface area contributed by atoms with Crippen molar-refractivity contribution in [1.29, 1.82) is 0 Å². The summed E-state index contributed by atoms with van der Waals surface area (Å²) < 4.78 is 7.44. The predicted molar refractivity (Wildman–Crippen MR) is 113 cm³/mol. The molecular formula is C20H25N5O2S. The van der Waals surface area contributed by atoms with Crippen LogP contribution in [-0.4, -0.2) is 45.8 Å². The molecule has 148 valence electrons. The largest absolute Gasteiger partial charge is 0.464 e. The first-order valence-corrected chi connectivity index (χ1v) is 10.3. The van der Waals surface area contributed by atoms with Crippen LogP contribution in [0.4, 0.5) is 5.95 Å². The van der Waals surface area contributed by atoms with E-state index in [9.17, 15) is 4.79 Å². The van der Waals surface area contributed by atoms with Crippen LogP contribution in [0.1, 0.15) is 17.1 Å². The van der Waals surface area contributed by atoms with Gasteiger partial charge in [-0.25, -0.2) is 4.98 Å². The highest BCUT2D eigenvalue weighted by atomic mass is 32.2. The third-order valence-corrected chi connectivity index (χ3v) is 4.94. The molecule has 7 nitrogen and oxygen atoms in total. The van der Waals surface area contributed by atoms with Gasteiger partial charge < -0.3 is 14.6 Å². The van der Waals surface area contributed by atoms with Crippen molar-refractivity contribution >= 4 is 17.7 Å². The van der Waals surface area contributed by atoms with E-state index in [0.717, 1.165) is 35.1 Å². The standard InChI is InChI=1S/C20H25N5O2S/c1-24(2)14-17-5-6-18(27-17)15-28-11-10-23-20-22-9-7-19(26)25(20)13-16-4-3-8-21-12-16/h3-9,12H,10-11,13-15H2,1-2H3,(H,22,23). The Morgan fingerprint density at radius 2 is 2.04 bits per heavy atom. The number of rotatable bonds is 10. The van der Waals surface area contributed by atoms with Gasteiger partial charge in [-0.15, -0.1) is 0 Å². The molecule has 3 aromatic heterocycles. The molecule has 0 unspecified atom stereocenters. The summed E-state index contributed by atoms with van der Waals surface area (Å²) >= 11 is 1.78. The van der Waals surface area contributed by atoms with Gasteiger partial charge in [0.2, 0.25) is 5.95 Å². The van der Waals surface area contributed by atoms with Crippen molar-refractivity contribution in [3.05, 3.63) is 76.4 Å². The Labute approximate surface area is 168 Å². The van der Waals surface area contributed by atoms with Crippen molar-refractivity contribution in [3.63, 3.8) is 0 Å². The fourth-order valence-electron chi connectivity index (χ4n) is 2.71. The topological polar surface area (TPSA) is 76.2 Å². The maximum atomic E-state index is 12.2. The highest BCUT2D eigenvalue weighted by Crippen LogP contribution is 2.16. The molecule has 3 heterocycles. The molecule has 8 heteroatoms. The number of nitrogens with one attached hydrogen (secondary N) is 1. The number of nitrogens with zero attached hydrogens (tertiary/aromatic N) is 4. The third-order valence-electron chi connectivity index (χ3n) is 3.96. The zero-order valence-corrected chi connectivity index (χ0v) is 17.0. The van der Waals surface area contributed by atoms with E-state index in [1.54, 1.807) is 28.7 Å². The number of anilines is 1. The van der Waals surface area contributed by atoms with Gasteiger partial charge in [0.05, 0.1) is 18.8 Å². The molecular weight excluding hydrogens is 374 g/mol. The molecule has 0 aromatic carbocycles. The van der Waals surface area contributed by atoms with Crippen LogP contribution < -0.4 is 10.9 Å². The highest BCUT2D eigenvalue weighted by Gasteiger charge is 2.07. The second kappa shape index (κ2) is 10.1. The average molecular weight is 400 g/mol. The third kappa shape index (κ3) is 5.97. The van der Waals surface area contributed by atoms with E-state index >= 15 is 0 Å². The summed E-state index contributed by atoms with van der Waals surface area (Å²) in [6.45, 7) is 1.96. The number of aromatic nitrogens is 3. The smallest absolute Gasteiger partial charge is 0.255 e. The maximum Gasteiger partial charge on any atom is 0.255 e. The Kier molecular flexibility index (Phi) is 7.27. The van der Waals surface area contributed by atoms with E-state index < -0.39 is 0 Å². The zero-order chi connectivity index (χ0) is 19.8. The Balaban J connectivity index is 1.49. The molecule has 1 N–H and O–H groups in total. The first kappa shape index (κ1) is 20.2. The summed E-state index contributed by atoms with van der Waals surface area (Å²) in [6, 6.07) is 9.33. The minimum atomic E-state index is -0.0852. The molecule has 28 heavy (non-hydrogen) atoms. The first-order valence-electron chi connectivity index (χ1n) is 9.10. The van der Waals surface area contributed by atoms with Crippen molar-refractivity contribution in [2.24, 2.45) is 0 Å². The van der Waals surface area contributed by atoms with Gasteiger partial charge in [0.1, 0.15) is 11.5 Å². The lowest BCUT2D eigenvalue weighted by Gasteiger charge is -2.12. The first-order chi connectivity index (χ1) is 13.6. The van der Waals surface area contributed by atoms with Gasteiger partial charge in [0, 0.05) is 37.0 Å². The Morgan fingerprint density at radius 1 is 1.18 bits per heavy atom. The fourth-order valence-corrected chi connectivity index (χ4v) is 3.46. The summed E-state index contributed by atoms with van der Waals surface area (Å²) in [5.74, 6) is 4.23. The number of hydrogen-bond acceptors (Lipinski definition) is 7. The van der Waals surface area contributed by atoms with Gasteiger partial charge in [-0.2, -0.15) is 11.8 Å². The van der Waals surface area contributed by atoms with Gasteiger partial charge in [0.15, 0.2) is 0 Å². The quantitative estimate of drug-likeness (QED) is 0.525. The number of pyridine rings is 1. The normalized spacial score (nSPS) is 11.1. The highest BCUT2D eigenvalue weighted by molar-refractivity contribution is 7.98. The van der Waals surface area contributed by atoms with Gasteiger partial charge in [-0.3, -0.25) is 14.3 Å². The van der Waals surface area contributed by atoms with Crippen LogP contribution >= 0.6 is 11.8 Å². The fraction of sp³-hybridized carbons (Fsp3) is 0.350. The summed E-state index contributed by atoms with van der Waals surface area (Å²) in [7, 11) is 4.04. The second-order valence-electron chi connectivity index (χ2n) is 6.64. The van der Waals surface area contributed by atoms with Crippen molar-refractivity contribution in [1.82, 2.24) is 19.4 Å². The molecule has 0 saturated heterocycles. The number of furan rings is 1. The Bertz CT molecular complexity index is 924. The van der Waals surface area contributed by atoms with Crippen LogP contribution in [0.5, 0.6) is 0 Å². The second-order valence-corrected chi connectivity index (χ2v) is 7.74. The SMILES string of the molecule is CN(C)Cc1ccc(CSCCNc2nccc(=O)n2Cc2cccnc2)o1. The Morgan fingerprint density at radius 3 is 2.82 bits per heavy atom. The van der Waals surface area contributed by atoms with Crippen LogP contribution in [0, 0.1) is 0 Å². The summed E-state index contributed by atoms with van der Waals surface area (Å²) in [5, 5.41) is 3.27. The number of thioether (sulfide) groups is 1. The molecule has 0 saturated carbocycles. The van der Waals surface area contributed by atoms with Crippen LogP contribution in [0.15, 0.2) is 58.1 Å². The summed E-state index contributed by atoms with van der Waals surface area (Å²) in [6.07, 6.45) is 5.01. The molecule has 0 spiro atoms. The van der Waals surface area contributed by atoms with Gasteiger partial charge in [-0.05, 0) is 37.9 Å². The van der Waals surface area contributed by atoms with Crippen molar-refractivity contribution in [3.8, 4) is 0 Å². The van der Waals surface area contributed by atoms with E-state index in [4.69, 9.17) is 4.42 Å². The molecule has 0 fully saturated rings. The average Bonchev–Trinajstić information content (AvgIpc) is 3.11. The van der Waals surface area contributed by atoms with Crippen LogP contribution in [0.2, 0.25) is 0 Å². The van der Waals surface area contributed by atoms with Crippen LogP contribution in [-0.2, 0) is 18.8 Å². The van der Waals surface area contributed by atoms with Crippen molar-refractivity contribution < 1.29 is 4.42 Å². The Hall–Kier alpha value is -2.58. The van der Waals surface area contributed by atoms with Gasteiger partial charge in [-0.1, -0.05) is 6.07 Å². The van der Waals surface area contributed by atoms with Gasteiger partial charge in [0.25, 0.3) is 5.56 Å². The summed E-state index contributed by atoms with van der Waals surface area (Å²) in [4.78, 5) is 22.7. The van der Waals surface area contributed by atoms with Crippen LogP contribution in [0.3, 0.4) is 0 Å². The molecule has 0 radical (unpaired) electrons. The van der Waals surface area contributed by atoms with E-state index in [1.807, 2.05) is 38.4 Å². The van der Waals surface area contributed by atoms with Crippen molar-refractivity contribution in [2.75, 3.05) is 31.7 Å². The molecule has 0 aliphatic rings. The van der Waals surface area contributed by atoms with Gasteiger partial charge >= 0.3 is 0 Å². The van der Waals surface area contributed by atoms with Crippen LogP contribution in [0.25, 0.3) is 0 Å². The van der Waals surface area contributed by atoms with Crippen molar-refractivity contribution in [2.45, 2.75) is 18.8 Å². The van der Waals surface area contributed by atoms with E-state index in [-0.39, 0.29) is 5.56 Å². The van der Waals surface area contributed by atoms with E-state index in [2.05, 4.69) is 20.2 Å². The molecule has 0 aliphatic carbocycles. The summed E-state index contributed by atoms with van der Waals surface area (Å²) in [5.41, 5.74) is 0.874. The minimum Gasteiger partial charge on any atom is -0.464 e. The van der Waals surface area contributed by atoms with E-state index in [1.165, 1.54) is 12.3 Å². The van der Waals surface area contributed by atoms with E-state index in [0.29, 0.717) is 19.0 Å². The maximum absolute atomic E-state index is 12.2. The minimum absolute atomic E-state index is 0.0852. The molecule has 0 atom stereocenters. The lowest BCUT2D eigenvalue weighted by molar-refractivity contribution is 0.344. The predicted octanol–water partition coefficient (Wildman–Crippen LogP) is 2.69. The molecule has 3 rings (SSSR count). The lowest BCUT2D eigenvalue weighted by Crippen LogP contribution is -2.25. The monoisotopic (exact) mass is 399 g/mol. The number of hydrogen-bond donors (Lipinski definition) is 1.